The Hall–Kier alpha value is -2.68. The van der Waals surface area contributed by atoms with Crippen LogP contribution in [0.15, 0.2) is 54.6 Å². The van der Waals surface area contributed by atoms with Crippen molar-refractivity contribution in [2.75, 3.05) is 0 Å². The van der Waals surface area contributed by atoms with Gasteiger partial charge in [-0.05, 0) is 18.6 Å². The molecule has 0 fully saturated rings. The maximum Gasteiger partial charge on any atom is 0.249 e. The molecule has 98 valence electrons. The Labute approximate surface area is 117 Å². The van der Waals surface area contributed by atoms with Gasteiger partial charge in [-0.1, -0.05) is 48.5 Å². The molecule has 1 aromatic heterocycles. The summed E-state index contributed by atoms with van der Waals surface area (Å²) in [6.07, 6.45) is 0. The first-order chi connectivity index (χ1) is 9.66. The predicted octanol–water partition coefficient (Wildman–Crippen LogP) is 3.31. The Morgan fingerprint density at radius 1 is 1.05 bits per heavy atom. The molecule has 0 aliphatic heterocycles. The van der Waals surface area contributed by atoms with Crippen LogP contribution in [0.2, 0.25) is 0 Å². The molecule has 3 nitrogen and oxygen atoms in total. The number of nitrogens with zero attached hydrogens (tertiary/aromatic N) is 1. The maximum absolute atomic E-state index is 11.7. The van der Waals surface area contributed by atoms with Crippen molar-refractivity contribution in [2.24, 2.45) is 5.73 Å². The van der Waals surface area contributed by atoms with Crippen molar-refractivity contribution in [3.05, 3.63) is 65.7 Å². The third-order valence-corrected chi connectivity index (χ3v) is 3.38. The fourth-order valence-corrected chi connectivity index (χ4v) is 2.35. The third kappa shape index (κ3) is 2.03. The first kappa shape index (κ1) is 12.4. The minimum absolute atomic E-state index is 0.430. The summed E-state index contributed by atoms with van der Waals surface area (Å²) in [5, 5.41) is 0.803. The van der Waals surface area contributed by atoms with Gasteiger partial charge in [0, 0.05) is 10.9 Å². The highest BCUT2D eigenvalue weighted by atomic mass is 16.1. The lowest BCUT2D eigenvalue weighted by molar-refractivity contribution is 0.100. The van der Waals surface area contributed by atoms with E-state index in [1.165, 1.54) is 0 Å². The average molecular weight is 262 g/mol. The van der Waals surface area contributed by atoms with Gasteiger partial charge in [0.25, 0.3) is 0 Å². The van der Waals surface area contributed by atoms with Crippen LogP contribution in [0.4, 0.5) is 0 Å². The van der Waals surface area contributed by atoms with Crippen LogP contribution in [0.5, 0.6) is 0 Å². The summed E-state index contributed by atoms with van der Waals surface area (Å²) in [7, 11) is 0. The number of benzene rings is 2. The maximum atomic E-state index is 11.7. The van der Waals surface area contributed by atoms with Crippen molar-refractivity contribution in [2.45, 2.75) is 6.92 Å². The Kier molecular flexibility index (Phi) is 2.95. The molecule has 0 spiro atoms. The van der Waals surface area contributed by atoms with Crippen molar-refractivity contribution in [3.8, 4) is 11.3 Å². The molecule has 3 rings (SSSR count). The molecule has 1 heterocycles. The summed E-state index contributed by atoms with van der Waals surface area (Å²) < 4.78 is 0. The van der Waals surface area contributed by atoms with E-state index in [0.29, 0.717) is 5.56 Å². The normalized spacial score (nSPS) is 10.7. The molecule has 0 bridgehead atoms. The van der Waals surface area contributed by atoms with E-state index in [2.05, 4.69) is 4.98 Å². The molecule has 0 saturated heterocycles. The van der Waals surface area contributed by atoms with Gasteiger partial charge in [-0.3, -0.25) is 4.79 Å². The molecular formula is C17H14N2O. The molecule has 0 aliphatic carbocycles. The molecule has 3 heteroatoms. The summed E-state index contributed by atoms with van der Waals surface area (Å²) in [5.41, 5.74) is 9.61. The number of fused-ring (bicyclic) bond motifs is 1. The minimum Gasteiger partial charge on any atom is -0.366 e. The number of carbonyl (C=O) groups excluding carboxylic acids is 1. The largest absolute Gasteiger partial charge is 0.366 e. The first-order valence-electron chi connectivity index (χ1n) is 6.42. The van der Waals surface area contributed by atoms with Gasteiger partial charge in [-0.2, -0.15) is 0 Å². The molecule has 0 aliphatic rings. The molecule has 0 saturated carbocycles. The van der Waals surface area contributed by atoms with Crippen molar-refractivity contribution >= 4 is 16.8 Å². The van der Waals surface area contributed by atoms with Crippen molar-refractivity contribution < 1.29 is 4.79 Å². The van der Waals surface area contributed by atoms with E-state index in [0.717, 1.165) is 27.7 Å². The fourth-order valence-electron chi connectivity index (χ4n) is 2.35. The third-order valence-electron chi connectivity index (χ3n) is 3.38. The number of primary amides is 1. The van der Waals surface area contributed by atoms with Crippen LogP contribution in [0.1, 0.15) is 15.9 Å². The molecule has 3 aromatic rings. The summed E-state index contributed by atoms with van der Waals surface area (Å²) >= 11 is 0. The second-order valence-electron chi connectivity index (χ2n) is 4.76. The number of nitrogens with two attached hydrogens (primary N) is 1. The second kappa shape index (κ2) is 4.78. The summed E-state index contributed by atoms with van der Waals surface area (Å²) in [5.74, 6) is -0.430. The smallest absolute Gasteiger partial charge is 0.249 e. The fraction of sp³-hybridized carbons (Fsp3) is 0.0588. The summed E-state index contributed by atoms with van der Waals surface area (Å²) in [6, 6.07) is 17.3. The lowest BCUT2D eigenvalue weighted by Gasteiger charge is -2.09. The molecular weight excluding hydrogens is 248 g/mol. The highest BCUT2D eigenvalue weighted by molar-refractivity contribution is 6.07. The predicted molar refractivity (Wildman–Crippen MR) is 80.4 cm³/mol. The second-order valence-corrected chi connectivity index (χ2v) is 4.76. The van der Waals surface area contributed by atoms with Crippen LogP contribution in [-0.2, 0) is 0 Å². The van der Waals surface area contributed by atoms with Gasteiger partial charge in [0.1, 0.15) is 0 Å². The standard InChI is InChI=1S/C17H14N2O/c1-11-6-5-9-13-14(17(18)20)10-15(19-16(11)13)12-7-3-2-4-8-12/h2-10H,1H3,(H2,18,20). The minimum atomic E-state index is -0.430. The monoisotopic (exact) mass is 262 g/mol. The molecule has 0 radical (unpaired) electrons. The van der Waals surface area contributed by atoms with Gasteiger partial charge in [-0.15, -0.1) is 0 Å². The van der Waals surface area contributed by atoms with E-state index in [-0.39, 0.29) is 0 Å². The van der Waals surface area contributed by atoms with E-state index in [9.17, 15) is 4.79 Å². The Balaban J connectivity index is 2.36. The van der Waals surface area contributed by atoms with Gasteiger partial charge in [0.15, 0.2) is 0 Å². The highest BCUT2D eigenvalue weighted by Gasteiger charge is 2.12. The number of aromatic nitrogens is 1. The van der Waals surface area contributed by atoms with Gasteiger partial charge >= 0.3 is 0 Å². The quantitative estimate of drug-likeness (QED) is 0.770. The molecule has 0 unspecified atom stereocenters. The molecule has 2 N–H and O–H groups in total. The lowest BCUT2D eigenvalue weighted by atomic mass is 10.0. The SMILES string of the molecule is Cc1cccc2c(C(N)=O)cc(-c3ccccc3)nc12. The number of aryl methyl sites for hydroxylation is 1. The van der Waals surface area contributed by atoms with Crippen LogP contribution >= 0.6 is 0 Å². The Morgan fingerprint density at radius 2 is 1.80 bits per heavy atom. The van der Waals surface area contributed by atoms with Crippen molar-refractivity contribution in [1.29, 1.82) is 0 Å². The average Bonchev–Trinajstić information content (AvgIpc) is 2.47. The van der Waals surface area contributed by atoms with Crippen LogP contribution in [0, 0.1) is 6.92 Å². The summed E-state index contributed by atoms with van der Waals surface area (Å²) in [4.78, 5) is 16.4. The Bertz CT molecular complexity index is 795. The lowest BCUT2D eigenvalue weighted by Crippen LogP contribution is -2.12. The van der Waals surface area contributed by atoms with Crippen LogP contribution in [-0.4, -0.2) is 10.9 Å². The van der Waals surface area contributed by atoms with E-state index in [4.69, 9.17) is 5.73 Å². The molecule has 20 heavy (non-hydrogen) atoms. The van der Waals surface area contributed by atoms with E-state index in [1.54, 1.807) is 6.07 Å². The number of hydrogen-bond acceptors (Lipinski definition) is 2. The Morgan fingerprint density at radius 3 is 2.50 bits per heavy atom. The van der Waals surface area contributed by atoms with Gasteiger partial charge < -0.3 is 5.73 Å². The van der Waals surface area contributed by atoms with E-state index >= 15 is 0 Å². The van der Waals surface area contributed by atoms with Gasteiger partial charge in [0.2, 0.25) is 5.91 Å². The zero-order valence-electron chi connectivity index (χ0n) is 11.1. The zero-order chi connectivity index (χ0) is 14.1. The van der Waals surface area contributed by atoms with Crippen LogP contribution in [0.25, 0.3) is 22.2 Å². The molecule has 1 amide bonds. The molecule has 2 aromatic carbocycles. The number of hydrogen-bond donors (Lipinski definition) is 1. The summed E-state index contributed by atoms with van der Waals surface area (Å²) in [6.45, 7) is 1.98. The highest BCUT2D eigenvalue weighted by Crippen LogP contribution is 2.26. The number of para-hydroxylation sites is 1. The van der Waals surface area contributed by atoms with Gasteiger partial charge in [-0.25, -0.2) is 4.98 Å². The van der Waals surface area contributed by atoms with E-state index < -0.39 is 5.91 Å². The van der Waals surface area contributed by atoms with Crippen LogP contribution in [0.3, 0.4) is 0 Å². The van der Waals surface area contributed by atoms with E-state index in [1.807, 2.05) is 55.5 Å². The zero-order valence-corrected chi connectivity index (χ0v) is 11.1. The van der Waals surface area contributed by atoms with Crippen LogP contribution < -0.4 is 5.73 Å². The first-order valence-corrected chi connectivity index (χ1v) is 6.42. The number of carbonyl (C=O) groups is 1. The number of amides is 1. The number of rotatable bonds is 2. The van der Waals surface area contributed by atoms with Crippen molar-refractivity contribution in [3.63, 3.8) is 0 Å². The van der Waals surface area contributed by atoms with Gasteiger partial charge in [0.05, 0.1) is 16.8 Å². The molecule has 0 atom stereocenters. The topological polar surface area (TPSA) is 56.0 Å². The number of pyridine rings is 1. The van der Waals surface area contributed by atoms with Crippen molar-refractivity contribution in [1.82, 2.24) is 4.98 Å².